The van der Waals surface area contributed by atoms with Crippen molar-refractivity contribution in [3.8, 4) is 6.07 Å². The second-order valence-corrected chi connectivity index (χ2v) is 4.00. The Balaban J connectivity index is 2.85. The summed E-state index contributed by atoms with van der Waals surface area (Å²) in [5.74, 6) is -0.337. The van der Waals surface area contributed by atoms with Crippen LogP contribution in [0.1, 0.15) is 29.3 Å². The van der Waals surface area contributed by atoms with E-state index >= 15 is 0 Å². The predicted molar refractivity (Wildman–Crippen MR) is 65.0 cm³/mol. The Hall–Kier alpha value is -2.42. The van der Waals surface area contributed by atoms with Crippen molar-refractivity contribution >= 4 is 11.6 Å². The number of carbonyl (C=O) groups is 1. The van der Waals surface area contributed by atoms with Gasteiger partial charge in [-0.3, -0.25) is 14.9 Å². The highest BCUT2D eigenvalue weighted by atomic mass is 16.6. The Bertz CT molecular complexity index is 520. The van der Waals surface area contributed by atoms with Gasteiger partial charge in [-0.25, -0.2) is 0 Å². The number of hydrogen-bond donors (Lipinski definition) is 1. The average molecular weight is 247 g/mol. The van der Waals surface area contributed by atoms with Crippen molar-refractivity contribution in [1.29, 1.82) is 5.26 Å². The van der Waals surface area contributed by atoms with Gasteiger partial charge in [0.2, 0.25) is 0 Å². The number of carbonyl (C=O) groups excluding carboxylic acids is 1. The van der Waals surface area contributed by atoms with Crippen molar-refractivity contribution < 1.29 is 9.72 Å². The third-order valence-corrected chi connectivity index (χ3v) is 2.43. The number of aryl methyl sites for hydroxylation is 1. The van der Waals surface area contributed by atoms with Gasteiger partial charge in [0.25, 0.3) is 11.6 Å². The number of benzene rings is 1. The molecule has 0 radical (unpaired) electrons. The first kappa shape index (κ1) is 13.6. The number of nitrogens with zero attached hydrogens (tertiary/aromatic N) is 2. The fourth-order valence-corrected chi connectivity index (χ4v) is 1.50. The van der Waals surface area contributed by atoms with Gasteiger partial charge in [-0.2, -0.15) is 5.26 Å². The molecule has 0 aliphatic rings. The summed E-state index contributed by atoms with van der Waals surface area (Å²) >= 11 is 0. The van der Waals surface area contributed by atoms with Crippen LogP contribution in [0.15, 0.2) is 18.2 Å². The molecule has 1 rings (SSSR count). The zero-order chi connectivity index (χ0) is 13.7. The van der Waals surface area contributed by atoms with E-state index in [0.29, 0.717) is 11.1 Å². The van der Waals surface area contributed by atoms with Gasteiger partial charge in [0.1, 0.15) is 0 Å². The van der Waals surface area contributed by atoms with Crippen LogP contribution in [0.25, 0.3) is 0 Å². The van der Waals surface area contributed by atoms with Crippen LogP contribution < -0.4 is 5.32 Å². The molecule has 0 bridgehead atoms. The Labute approximate surface area is 104 Å². The molecule has 1 unspecified atom stereocenters. The number of amides is 1. The van der Waals surface area contributed by atoms with Gasteiger partial charge in [-0.05, 0) is 26.0 Å². The summed E-state index contributed by atoms with van der Waals surface area (Å²) in [7, 11) is 0. The molecule has 0 aliphatic carbocycles. The topological polar surface area (TPSA) is 96.0 Å². The molecule has 0 fully saturated rings. The molecule has 18 heavy (non-hydrogen) atoms. The average Bonchev–Trinajstić information content (AvgIpc) is 2.28. The van der Waals surface area contributed by atoms with E-state index in [9.17, 15) is 14.9 Å². The SMILES string of the molecule is Cc1cc(C(=O)NC(C)CC#N)ccc1[N+](=O)[O-]. The molecular formula is C12H13N3O3. The highest BCUT2D eigenvalue weighted by molar-refractivity contribution is 5.94. The summed E-state index contributed by atoms with van der Waals surface area (Å²) in [6.07, 6.45) is 0.220. The monoisotopic (exact) mass is 247 g/mol. The van der Waals surface area contributed by atoms with E-state index < -0.39 is 4.92 Å². The van der Waals surface area contributed by atoms with E-state index in [0.717, 1.165) is 0 Å². The Morgan fingerprint density at radius 2 is 2.28 bits per heavy atom. The lowest BCUT2D eigenvalue weighted by molar-refractivity contribution is -0.385. The zero-order valence-electron chi connectivity index (χ0n) is 10.1. The highest BCUT2D eigenvalue weighted by Crippen LogP contribution is 2.18. The van der Waals surface area contributed by atoms with Crippen LogP contribution in [0.4, 0.5) is 5.69 Å². The Morgan fingerprint density at radius 3 is 2.78 bits per heavy atom. The van der Waals surface area contributed by atoms with Gasteiger partial charge in [-0.1, -0.05) is 0 Å². The molecule has 0 saturated carbocycles. The van der Waals surface area contributed by atoms with E-state index in [1.54, 1.807) is 13.8 Å². The molecule has 1 atom stereocenters. The van der Waals surface area contributed by atoms with Gasteiger partial charge in [-0.15, -0.1) is 0 Å². The van der Waals surface area contributed by atoms with Crippen LogP contribution in [0.2, 0.25) is 0 Å². The number of nitro groups is 1. The molecular weight excluding hydrogens is 234 g/mol. The van der Waals surface area contributed by atoms with E-state index in [4.69, 9.17) is 5.26 Å². The molecule has 0 heterocycles. The minimum absolute atomic E-state index is 0.0170. The van der Waals surface area contributed by atoms with Crippen molar-refractivity contribution in [1.82, 2.24) is 5.32 Å². The van der Waals surface area contributed by atoms with Crippen molar-refractivity contribution in [2.45, 2.75) is 26.3 Å². The van der Waals surface area contributed by atoms with Crippen molar-refractivity contribution in [2.24, 2.45) is 0 Å². The van der Waals surface area contributed by atoms with Crippen molar-refractivity contribution in [2.75, 3.05) is 0 Å². The van der Waals surface area contributed by atoms with Gasteiger partial charge in [0.15, 0.2) is 0 Å². The summed E-state index contributed by atoms with van der Waals surface area (Å²) in [6, 6.07) is 5.88. The minimum Gasteiger partial charge on any atom is -0.349 e. The van der Waals surface area contributed by atoms with Crippen LogP contribution in [0.5, 0.6) is 0 Å². The van der Waals surface area contributed by atoms with Gasteiger partial charge < -0.3 is 5.32 Å². The maximum Gasteiger partial charge on any atom is 0.272 e. The maximum absolute atomic E-state index is 11.8. The van der Waals surface area contributed by atoms with Crippen LogP contribution in [-0.2, 0) is 0 Å². The quantitative estimate of drug-likeness (QED) is 0.649. The van der Waals surface area contributed by atoms with Crippen LogP contribution >= 0.6 is 0 Å². The van der Waals surface area contributed by atoms with Gasteiger partial charge >= 0.3 is 0 Å². The minimum atomic E-state index is -0.491. The Morgan fingerprint density at radius 1 is 1.61 bits per heavy atom. The normalized spacial score (nSPS) is 11.4. The molecule has 1 amide bonds. The van der Waals surface area contributed by atoms with Crippen LogP contribution in [0, 0.1) is 28.4 Å². The lowest BCUT2D eigenvalue weighted by Crippen LogP contribution is -2.32. The van der Waals surface area contributed by atoms with E-state index in [1.807, 2.05) is 6.07 Å². The number of nitrogens with one attached hydrogen (secondary N) is 1. The molecule has 1 aromatic carbocycles. The largest absolute Gasteiger partial charge is 0.349 e. The first-order valence-electron chi connectivity index (χ1n) is 5.38. The lowest BCUT2D eigenvalue weighted by Gasteiger charge is -2.10. The molecule has 0 saturated heterocycles. The van der Waals surface area contributed by atoms with Gasteiger partial charge in [0.05, 0.1) is 17.4 Å². The van der Waals surface area contributed by atoms with Gasteiger partial charge in [0, 0.05) is 23.2 Å². The van der Waals surface area contributed by atoms with E-state index in [2.05, 4.69) is 5.32 Å². The standard InChI is InChI=1S/C12H13N3O3/c1-8-7-10(3-4-11(8)15(17)18)12(16)14-9(2)5-6-13/h3-4,7,9H,5H2,1-2H3,(H,14,16). The summed E-state index contributed by atoms with van der Waals surface area (Å²) in [5.41, 5.74) is 0.764. The van der Waals surface area contributed by atoms with Crippen molar-refractivity contribution in [3.05, 3.63) is 39.4 Å². The van der Waals surface area contributed by atoms with E-state index in [1.165, 1.54) is 18.2 Å². The highest BCUT2D eigenvalue weighted by Gasteiger charge is 2.14. The second-order valence-electron chi connectivity index (χ2n) is 4.00. The number of nitro benzene ring substituents is 1. The lowest BCUT2D eigenvalue weighted by atomic mass is 10.1. The summed E-state index contributed by atoms with van der Waals surface area (Å²) < 4.78 is 0. The van der Waals surface area contributed by atoms with E-state index in [-0.39, 0.29) is 24.1 Å². The maximum atomic E-state index is 11.8. The smallest absolute Gasteiger partial charge is 0.272 e. The fourth-order valence-electron chi connectivity index (χ4n) is 1.50. The predicted octanol–water partition coefficient (Wildman–Crippen LogP) is 1.94. The molecule has 0 aromatic heterocycles. The molecule has 94 valence electrons. The third kappa shape index (κ3) is 3.28. The molecule has 6 heteroatoms. The first-order valence-corrected chi connectivity index (χ1v) is 5.38. The first-order chi connectivity index (χ1) is 8.45. The summed E-state index contributed by atoms with van der Waals surface area (Å²) in [6.45, 7) is 3.30. The second kappa shape index (κ2) is 5.77. The van der Waals surface area contributed by atoms with Crippen LogP contribution in [0.3, 0.4) is 0 Å². The van der Waals surface area contributed by atoms with Crippen LogP contribution in [-0.4, -0.2) is 16.9 Å². The molecule has 1 N–H and O–H groups in total. The molecule has 6 nitrogen and oxygen atoms in total. The third-order valence-electron chi connectivity index (χ3n) is 2.43. The molecule has 0 aliphatic heterocycles. The number of hydrogen-bond acceptors (Lipinski definition) is 4. The van der Waals surface area contributed by atoms with Crippen molar-refractivity contribution in [3.63, 3.8) is 0 Å². The summed E-state index contributed by atoms with van der Waals surface area (Å²) in [4.78, 5) is 21.9. The summed E-state index contributed by atoms with van der Waals surface area (Å²) in [5, 5.41) is 21.8. The zero-order valence-corrected chi connectivity index (χ0v) is 10.1. The fraction of sp³-hybridized carbons (Fsp3) is 0.333. The Kier molecular flexibility index (Phi) is 4.38. The number of rotatable bonds is 4. The molecule has 1 aromatic rings. The number of nitriles is 1. The molecule has 0 spiro atoms.